The number of anilines is 1. The van der Waals surface area contributed by atoms with Crippen molar-refractivity contribution in [1.82, 2.24) is 4.90 Å². The number of aliphatic imine (C=N–C) groups is 1. The molecule has 140 valence electrons. The number of amides is 2. The van der Waals surface area contributed by atoms with Crippen molar-refractivity contribution in [3.8, 4) is 5.75 Å². The zero-order valence-electron chi connectivity index (χ0n) is 14.8. The molecule has 1 aliphatic heterocycles. The van der Waals surface area contributed by atoms with E-state index in [2.05, 4.69) is 32.9 Å². The summed E-state index contributed by atoms with van der Waals surface area (Å²) in [7, 11) is 3.28. The Morgan fingerprint density at radius 2 is 1.89 bits per heavy atom. The normalized spacial score (nSPS) is 18.0. The van der Waals surface area contributed by atoms with Crippen molar-refractivity contribution in [1.29, 1.82) is 0 Å². The Kier molecular flexibility index (Phi) is 6.38. The molecule has 1 unspecified atom stereocenters. The SMILES string of the molecule is COc1ccc(N=C2SC(CC(=O)Nc3ccc(I)cc3)C(=O)N2C)cc1. The number of nitrogens with zero attached hydrogens (tertiary/aromatic N) is 2. The third-order valence-corrected chi connectivity index (χ3v) is 5.88. The highest BCUT2D eigenvalue weighted by atomic mass is 127. The Bertz CT molecular complexity index is 869. The minimum Gasteiger partial charge on any atom is -0.497 e. The number of amidine groups is 1. The predicted octanol–water partition coefficient (Wildman–Crippen LogP) is 3.89. The second-order valence-electron chi connectivity index (χ2n) is 5.86. The van der Waals surface area contributed by atoms with Crippen molar-refractivity contribution >= 4 is 62.7 Å². The molecule has 27 heavy (non-hydrogen) atoms. The van der Waals surface area contributed by atoms with Crippen molar-refractivity contribution in [3.05, 3.63) is 52.1 Å². The number of methoxy groups -OCH3 is 1. The van der Waals surface area contributed by atoms with Gasteiger partial charge in [-0.1, -0.05) is 11.8 Å². The number of hydrogen-bond donors (Lipinski definition) is 1. The van der Waals surface area contributed by atoms with E-state index < -0.39 is 5.25 Å². The van der Waals surface area contributed by atoms with Crippen LogP contribution in [0, 0.1) is 3.57 Å². The maximum atomic E-state index is 12.5. The zero-order valence-corrected chi connectivity index (χ0v) is 17.8. The molecule has 0 aliphatic carbocycles. The van der Waals surface area contributed by atoms with Gasteiger partial charge < -0.3 is 10.1 Å². The van der Waals surface area contributed by atoms with Gasteiger partial charge in [0.15, 0.2) is 5.17 Å². The second-order valence-corrected chi connectivity index (χ2v) is 8.27. The topological polar surface area (TPSA) is 71.0 Å². The van der Waals surface area contributed by atoms with Gasteiger partial charge in [0.25, 0.3) is 0 Å². The molecular formula is C19H18IN3O3S. The molecule has 2 aromatic carbocycles. The summed E-state index contributed by atoms with van der Waals surface area (Å²) in [5, 5.41) is 2.93. The van der Waals surface area contributed by atoms with Gasteiger partial charge in [-0.05, 0) is 71.1 Å². The average molecular weight is 495 g/mol. The maximum absolute atomic E-state index is 12.5. The molecule has 1 aliphatic rings. The number of rotatable bonds is 5. The van der Waals surface area contributed by atoms with E-state index in [0.717, 1.165) is 20.7 Å². The molecule has 1 heterocycles. The Morgan fingerprint density at radius 1 is 1.22 bits per heavy atom. The van der Waals surface area contributed by atoms with Gasteiger partial charge in [0.1, 0.15) is 11.0 Å². The third-order valence-electron chi connectivity index (χ3n) is 3.94. The highest BCUT2D eigenvalue weighted by molar-refractivity contribution is 14.1. The van der Waals surface area contributed by atoms with Crippen LogP contribution in [-0.4, -0.2) is 41.3 Å². The highest BCUT2D eigenvalue weighted by Gasteiger charge is 2.36. The van der Waals surface area contributed by atoms with Crippen molar-refractivity contribution in [2.75, 3.05) is 19.5 Å². The number of nitrogens with one attached hydrogen (secondary N) is 1. The summed E-state index contributed by atoms with van der Waals surface area (Å²) in [4.78, 5) is 30.8. The van der Waals surface area contributed by atoms with Crippen LogP contribution in [-0.2, 0) is 9.59 Å². The molecular weight excluding hydrogens is 477 g/mol. The van der Waals surface area contributed by atoms with E-state index in [1.807, 2.05) is 48.5 Å². The van der Waals surface area contributed by atoms with Gasteiger partial charge in [-0.25, -0.2) is 4.99 Å². The molecule has 6 nitrogen and oxygen atoms in total. The molecule has 1 saturated heterocycles. The smallest absolute Gasteiger partial charge is 0.242 e. The van der Waals surface area contributed by atoms with Gasteiger partial charge in [0.2, 0.25) is 11.8 Å². The van der Waals surface area contributed by atoms with E-state index in [1.54, 1.807) is 14.2 Å². The van der Waals surface area contributed by atoms with Gasteiger partial charge in [-0.3, -0.25) is 14.5 Å². The summed E-state index contributed by atoms with van der Waals surface area (Å²) >= 11 is 3.51. The van der Waals surface area contributed by atoms with Crippen LogP contribution >= 0.6 is 34.4 Å². The first-order valence-electron chi connectivity index (χ1n) is 8.18. The van der Waals surface area contributed by atoms with E-state index in [9.17, 15) is 9.59 Å². The summed E-state index contributed by atoms with van der Waals surface area (Å²) in [6.45, 7) is 0. The van der Waals surface area contributed by atoms with Crippen LogP contribution in [0.2, 0.25) is 0 Å². The summed E-state index contributed by atoms with van der Waals surface area (Å²) in [6, 6.07) is 14.8. The third kappa shape index (κ3) is 5.01. The van der Waals surface area contributed by atoms with Crippen molar-refractivity contribution in [2.24, 2.45) is 4.99 Å². The van der Waals surface area contributed by atoms with Gasteiger partial charge >= 0.3 is 0 Å². The Labute approximate surface area is 175 Å². The monoisotopic (exact) mass is 495 g/mol. The first-order valence-corrected chi connectivity index (χ1v) is 10.1. The Balaban J connectivity index is 1.65. The lowest BCUT2D eigenvalue weighted by Gasteiger charge is -2.09. The van der Waals surface area contributed by atoms with Crippen LogP contribution in [0.4, 0.5) is 11.4 Å². The van der Waals surface area contributed by atoms with Crippen LogP contribution in [0.3, 0.4) is 0 Å². The number of carbonyl (C=O) groups is 2. The van der Waals surface area contributed by atoms with Gasteiger partial charge in [0.05, 0.1) is 12.8 Å². The van der Waals surface area contributed by atoms with Crippen LogP contribution in [0.15, 0.2) is 53.5 Å². The predicted molar refractivity (Wildman–Crippen MR) is 117 cm³/mol. The number of thioether (sulfide) groups is 1. The zero-order chi connectivity index (χ0) is 19.4. The number of hydrogen-bond acceptors (Lipinski definition) is 5. The number of halogens is 1. The molecule has 0 spiro atoms. The van der Waals surface area contributed by atoms with Gasteiger partial charge in [-0.15, -0.1) is 0 Å². The van der Waals surface area contributed by atoms with E-state index in [0.29, 0.717) is 5.17 Å². The van der Waals surface area contributed by atoms with Crippen molar-refractivity contribution in [3.63, 3.8) is 0 Å². The van der Waals surface area contributed by atoms with Crippen molar-refractivity contribution in [2.45, 2.75) is 11.7 Å². The van der Waals surface area contributed by atoms with E-state index >= 15 is 0 Å². The maximum Gasteiger partial charge on any atom is 0.242 e. The molecule has 0 bridgehead atoms. The molecule has 3 rings (SSSR count). The molecule has 0 aromatic heterocycles. The summed E-state index contributed by atoms with van der Waals surface area (Å²) in [5.74, 6) is 0.429. The minimum absolute atomic E-state index is 0.0987. The van der Waals surface area contributed by atoms with Gasteiger partial charge in [-0.2, -0.15) is 0 Å². The Morgan fingerprint density at radius 3 is 2.52 bits per heavy atom. The van der Waals surface area contributed by atoms with Crippen LogP contribution < -0.4 is 10.1 Å². The highest BCUT2D eigenvalue weighted by Crippen LogP contribution is 2.31. The fraction of sp³-hybridized carbons (Fsp3) is 0.211. The molecule has 1 atom stereocenters. The number of ether oxygens (including phenoxy) is 1. The van der Waals surface area contributed by atoms with E-state index in [1.165, 1.54) is 16.7 Å². The van der Waals surface area contributed by atoms with Crippen molar-refractivity contribution < 1.29 is 14.3 Å². The first-order chi connectivity index (χ1) is 13.0. The van der Waals surface area contributed by atoms with Crippen LogP contribution in [0.1, 0.15) is 6.42 Å². The lowest BCUT2D eigenvalue weighted by atomic mass is 10.2. The summed E-state index contributed by atoms with van der Waals surface area (Å²) in [5.41, 5.74) is 1.44. The molecule has 0 saturated carbocycles. The molecule has 1 N–H and O–H groups in total. The average Bonchev–Trinajstić information content (AvgIpc) is 2.92. The number of carbonyl (C=O) groups excluding carboxylic acids is 2. The van der Waals surface area contributed by atoms with Gasteiger partial charge in [0, 0.05) is 22.7 Å². The summed E-state index contributed by atoms with van der Waals surface area (Å²) < 4.78 is 6.22. The molecule has 0 radical (unpaired) electrons. The molecule has 2 amide bonds. The lowest BCUT2D eigenvalue weighted by Crippen LogP contribution is -2.30. The fourth-order valence-corrected chi connectivity index (χ4v) is 3.99. The molecule has 8 heteroatoms. The largest absolute Gasteiger partial charge is 0.497 e. The molecule has 1 fully saturated rings. The first kappa shape index (κ1) is 19.7. The van der Waals surface area contributed by atoms with E-state index in [4.69, 9.17) is 4.74 Å². The van der Waals surface area contributed by atoms with Crippen LogP contribution in [0.25, 0.3) is 0 Å². The summed E-state index contributed by atoms with van der Waals surface area (Å²) in [6.07, 6.45) is 0.0987. The standard InChI is InChI=1S/C19H18IN3O3S/c1-23-18(25)16(11-17(24)21-13-5-3-12(20)4-6-13)27-19(23)22-14-7-9-15(26-2)10-8-14/h3-10,16H,11H2,1-2H3,(H,21,24). The molecule has 2 aromatic rings. The fourth-order valence-electron chi connectivity index (χ4n) is 2.48. The second kappa shape index (κ2) is 8.75. The minimum atomic E-state index is -0.476. The Hall–Kier alpha value is -2.07. The van der Waals surface area contributed by atoms with Crippen LogP contribution in [0.5, 0.6) is 5.75 Å². The lowest BCUT2D eigenvalue weighted by molar-refractivity contribution is -0.127. The number of benzene rings is 2. The van der Waals surface area contributed by atoms with E-state index in [-0.39, 0.29) is 18.2 Å². The quantitative estimate of drug-likeness (QED) is 0.640.